The lowest BCUT2D eigenvalue weighted by Crippen LogP contribution is -2.25. The molecule has 0 aliphatic carbocycles. The molecule has 2 aromatic heterocycles. The number of anilines is 1. The summed E-state index contributed by atoms with van der Waals surface area (Å²) in [5.41, 5.74) is 5.64. The molecule has 5 nitrogen and oxygen atoms in total. The molecule has 0 radical (unpaired) electrons. The van der Waals surface area contributed by atoms with Crippen molar-refractivity contribution < 1.29 is 0 Å². The first-order chi connectivity index (χ1) is 11.8. The van der Waals surface area contributed by atoms with Gasteiger partial charge in [0.05, 0.1) is 16.7 Å². The van der Waals surface area contributed by atoms with E-state index in [1.165, 1.54) is 5.69 Å². The van der Waals surface area contributed by atoms with Crippen molar-refractivity contribution in [2.45, 2.75) is 6.92 Å². The summed E-state index contributed by atoms with van der Waals surface area (Å²) in [5.74, 6) is 1.60. The predicted octanol–water partition coefficient (Wildman–Crippen LogP) is 2.38. The van der Waals surface area contributed by atoms with Gasteiger partial charge in [-0.1, -0.05) is 0 Å². The molecule has 2 fully saturated rings. The van der Waals surface area contributed by atoms with Crippen LogP contribution in [0.4, 0.5) is 5.69 Å². The number of pyridine rings is 1. The van der Waals surface area contributed by atoms with Crippen LogP contribution in [0.3, 0.4) is 0 Å². The lowest BCUT2D eigenvalue weighted by Gasteiger charge is -2.20. The summed E-state index contributed by atoms with van der Waals surface area (Å²) < 4.78 is 2.16. The number of rotatable bonds is 2. The Morgan fingerprint density at radius 1 is 1.00 bits per heavy atom. The van der Waals surface area contributed by atoms with Gasteiger partial charge in [0.2, 0.25) is 0 Å². The number of nitrogens with one attached hydrogen (secondary N) is 1. The molecule has 4 heterocycles. The number of hydrogen-bond donors (Lipinski definition) is 1. The molecule has 1 aromatic carbocycles. The van der Waals surface area contributed by atoms with Gasteiger partial charge in [0.25, 0.3) is 0 Å². The van der Waals surface area contributed by atoms with E-state index >= 15 is 0 Å². The third-order valence-electron chi connectivity index (χ3n) is 5.44. The van der Waals surface area contributed by atoms with Crippen LogP contribution in [-0.4, -0.2) is 40.7 Å². The lowest BCUT2D eigenvalue weighted by atomic mass is 10.0. The SMILES string of the molecule is Cc1cc(-n2cnc3ccc(N4CC5CNCC5C4)cc32)ccn1. The van der Waals surface area contributed by atoms with Crippen LogP contribution in [0.15, 0.2) is 42.9 Å². The van der Waals surface area contributed by atoms with Gasteiger partial charge in [0, 0.05) is 43.8 Å². The number of hydrogen-bond acceptors (Lipinski definition) is 4. The first-order valence-electron chi connectivity index (χ1n) is 8.64. The minimum absolute atomic E-state index is 0.799. The predicted molar refractivity (Wildman–Crippen MR) is 95.7 cm³/mol. The second kappa shape index (κ2) is 5.31. The molecule has 2 saturated heterocycles. The van der Waals surface area contributed by atoms with E-state index in [9.17, 15) is 0 Å². The minimum Gasteiger partial charge on any atom is -0.371 e. The van der Waals surface area contributed by atoms with E-state index in [4.69, 9.17) is 0 Å². The zero-order valence-electron chi connectivity index (χ0n) is 13.8. The summed E-state index contributed by atoms with van der Waals surface area (Å²) in [7, 11) is 0. The fourth-order valence-corrected chi connectivity index (χ4v) is 4.15. The molecule has 2 aliphatic rings. The van der Waals surface area contributed by atoms with Gasteiger partial charge in [0.1, 0.15) is 6.33 Å². The molecule has 0 bridgehead atoms. The molecular formula is C19H21N5. The highest BCUT2D eigenvalue weighted by atomic mass is 15.2. The molecular weight excluding hydrogens is 298 g/mol. The van der Waals surface area contributed by atoms with E-state index in [0.717, 1.165) is 60.4 Å². The van der Waals surface area contributed by atoms with Gasteiger partial charge in [-0.2, -0.15) is 0 Å². The first kappa shape index (κ1) is 14.0. The number of aromatic nitrogens is 3. The second-order valence-electron chi connectivity index (χ2n) is 7.03. The first-order valence-corrected chi connectivity index (χ1v) is 8.64. The van der Waals surface area contributed by atoms with E-state index in [0.29, 0.717) is 0 Å². The minimum atomic E-state index is 0.799. The number of aryl methyl sites for hydroxylation is 1. The Morgan fingerprint density at radius 3 is 2.62 bits per heavy atom. The molecule has 24 heavy (non-hydrogen) atoms. The summed E-state index contributed by atoms with van der Waals surface area (Å²) in [6, 6.07) is 10.8. The molecule has 0 spiro atoms. The lowest BCUT2D eigenvalue weighted by molar-refractivity contribution is 0.533. The normalized spacial score (nSPS) is 23.1. The maximum atomic E-state index is 4.56. The van der Waals surface area contributed by atoms with Gasteiger partial charge < -0.3 is 10.2 Å². The van der Waals surface area contributed by atoms with Crippen LogP contribution in [0.25, 0.3) is 16.7 Å². The van der Waals surface area contributed by atoms with Crippen LogP contribution in [0, 0.1) is 18.8 Å². The van der Waals surface area contributed by atoms with Gasteiger partial charge in [-0.05, 0) is 49.1 Å². The van der Waals surface area contributed by atoms with Crippen molar-refractivity contribution in [3.63, 3.8) is 0 Å². The molecule has 1 N–H and O–H groups in total. The van der Waals surface area contributed by atoms with Crippen LogP contribution in [-0.2, 0) is 0 Å². The quantitative estimate of drug-likeness (QED) is 0.788. The van der Waals surface area contributed by atoms with Gasteiger partial charge in [-0.15, -0.1) is 0 Å². The molecule has 2 atom stereocenters. The largest absolute Gasteiger partial charge is 0.371 e. The zero-order chi connectivity index (χ0) is 16.1. The third kappa shape index (κ3) is 2.19. The van der Waals surface area contributed by atoms with E-state index in [1.807, 2.05) is 25.5 Å². The van der Waals surface area contributed by atoms with Crippen molar-refractivity contribution in [3.05, 3.63) is 48.5 Å². The molecule has 5 rings (SSSR count). The van der Waals surface area contributed by atoms with Crippen molar-refractivity contribution in [2.24, 2.45) is 11.8 Å². The van der Waals surface area contributed by atoms with E-state index in [2.05, 4.69) is 49.0 Å². The Hall–Kier alpha value is -2.40. The number of imidazole rings is 1. The molecule has 2 aliphatic heterocycles. The monoisotopic (exact) mass is 319 g/mol. The second-order valence-corrected chi connectivity index (χ2v) is 7.03. The fraction of sp³-hybridized carbons (Fsp3) is 0.368. The van der Waals surface area contributed by atoms with Crippen molar-refractivity contribution in [1.82, 2.24) is 19.9 Å². The number of fused-ring (bicyclic) bond motifs is 2. The van der Waals surface area contributed by atoms with E-state index < -0.39 is 0 Å². The Labute approximate surface area is 141 Å². The molecule has 5 heteroatoms. The van der Waals surface area contributed by atoms with Crippen LogP contribution in [0.5, 0.6) is 0 Å². The van der Waals surface area contributed by atoms with Crippen molar-refractivity contribution in [1.29, 1.82) is 0 Å². The molecule has 2 unspecified atom stereocenters. The smallest absolute Gasteiger partial charge is 0.100 e. The molecule has 0 amide bonds. The summed E-state index contributed by atoms with van der Waals surface area (Å²) >= 11 is 0. The highest BCUT2D eigenvalue weighted by Crippen LogP contribution is 2.32. The summed E-state index contributed by atoms with van der Waals surface area (Å²) in [4.78, 5) is 11.4. The highest BCUT2D eigenvalue weighted by molar-refractivity contribution is 5.81. The van der Waals surface area contributed by atoms with Crippen LogP contribution in [0.2, 0.25) is 0 Å². The Bertz CT molecular complexity index is 888. The maximum Gasteiger partial charge on any atom is 0.100 e. The Balaban J connectivity index is 1.54. The van der Waals surface area contributed by atoms with Gasteiger partial charge in [-0.25, -0.2) is 4.98 Å². The maximum absolute atomic E-state index is 4.56. The number of nitrogens with zero attached hydrogens (tertiary/aromatic N) is 4. The molecule has 0 saturated carbocycles. The standard InChI is InChI=1S/C19H21N5/c1-13-6-17(4-5-21-13)24-12-22-18-3-2-16(7-19(18)24)23-10-14-8-20-9-15(14)11-23/h2-7,12,14-15,20H,8-11H2,1H3. The van der Waals surface area contributed by atoms with Crippen molar-refractivity contribution in [3.8, 4) is 5.69 Å². The molecule has 3 aromatic rings. The van der Waals surface area contributed by atoms with Crippen LogP contribution < -0.4 is 10.2 Å². The average molecular weight is 319 g/mol. The van der Waals surface area contributed by atoms with Crippen LogP contribution in [0.1, 0.15) is 5.69 Å². The topological polar surface area (TPSA) is 46.0 Å². The number of benzene rings is 1. The van der Waals surface area contributed by atoms with Crippen LogP contribution >= 0.6 is 0 Å². The van der Waals surface area contributed by atoms with Crippen molar-refractivity contribution in [2.75, 3.05) is 31.1 Å². The zero-order valence-corrected chi connectivity index (χ0v) is 13.8. The van der Waals surface area contributed by atoms with Gasteiger partial charge in [0.15, 0.2) is 0 Å². The van der Waals surface area contributed by atoms with E-state index in [1.54, 1.807) is 0 Å². The van der Waals surface area contributed by atoms with Crippen molar-refractivity contribution >= 4 is 16.7 Å². The Morgan fingerprint density at radius 2 is 1.83 bits per heavy atom. The fourth-order valence-electron chi connectivity index (χ4n) is 4.15. The average Bonchev–Trinajstić information content (AvgIpc) is 3.28. The van der Waals surface area contributed by atoms with E-state index in [-0.39, 0.29) is 0 Å². The van der Waals surface area contributed by atoms with Gasteiger partial charge in [-0.3, -0.25) is 9.55 Å². The summed E-state index contributed by atoms with van der Waals surface area (Å²) in [5, 5.41) is 3.51. The van der Waals surface area contributed by atoms with Gasteiger partial charge >= 0.3 is 0 Å². The molecule has 122 valence electrons. The third-order valence-corrected chi connectivity index (χ3v) is 5.44. The Kier molecular flexibility index (Phi) is 3.10. The summed E-state index contributed by atoms with van der Waals surface area (Å²) in [6.45, 7) is 6.66. The summed E-state index contributed by atoms with van der Waals surface area (Å²) in [6.07, 6.45) is 3.76. The highest BCUT2D eigenvalue weighted by Gasteiger charge is 2.36.